The highest BCUT2D eigenvalue weighted by atomic mass is 16.3. The molecule has 2 rings (SSSR count). The van der Waals surface area contributed by atoms with Gasteiger partial charge in [0, 0.05) is 13.0 Å². The molecular formula is C18H32N2O3. The van der Waals surface area contributed by atoms with Crippen molar-refractivity contribution in [2.45, 2.75) is 76.7 Å². The van der Waals surface area contributed by atoms with E-state index in [1.54, 1.807) is 0 Å². The molecule has 0 aromatic heterocycles. The fourth-order valence-electron chi connectivity index (χ4n) is 3.86. The molecule has 5 heteroatoms. The minimum Gasteiger partial charge on any atom is -0.394 e. The Balaban J connectivity index is 1.69. The molecule has 23 heavy (non-hydrogen) atoms. The van der Waals surface area contributed by atoms with Crippen molar-refractivity contribution in [3.63, 3.8) is 0 Å². The second kappa shape index (κ2) is 9.91. The Morgan fingerprint density at radius 2 is 1.48 bits per heavy atom. The first kappa shape index (κ1) is 18.2. The largest absolute Gasteiger partial charge is 0.394 e. The number of aliphatic hydroxyl groups is 1. The van der Waals surface area contributed by atoms with Crippen LogP contribution in [0, 0.1) is 11.8 Å². The normalized spacial score (nSPS) is 21.6. The third-order valence-electron chi connectivity index (χ3n) is 5.32. The number of nitrogens with one attached hydrogen (secondary N) is 2. The number of amides is 2. The number of hydrogen-bond acceptors (Lipinski definition) is 3. The molecule has 132 valence electrons. The molecule has 5 nitrogen and oxygen atoms in total. The zero-order chi connectivity index (χ0) is 16.5. The van der Waals surface area contributed by atoms with Gasteiger partial charge < -0.3 is 15.7 Å². The molecule has 0 aromatic rings. The lowest BCUT2D eigenvalue weighted by Gasteiger charge is -2.24. The van der Waals surface area contributed by atoms with E-state index < -0.39 is 6.04 Å². The third-order valence-corrected chi connectivity index (χ3v) is 5.32. The van der Waals surface area contributed by atoms with Crippen LogP contribution in [-0.4, -0.2) is 36.1 Å². The summed E-state index contributed by atoms with van der Waals surface area (Å²) < 4.78 is 0. The van der Waals surface area contributed by atoms with E-state index >= 15 is 0 Å². The van der Waals surface area contributed by atoms with Crippen molar-refractivity contribution < 1.29 is 14.7 Å². The fourth-order valence-corrected chi connectivity index (χ4v) is 3.86. The van der Waals surface area contributed by atoms with Crippen LogP contribution in [0.4, 0.5) is 0 Å². The van der Waals surface area contributed by atoms with Crippen LogP contribution in [-0.2, 0) is 9.59 Å². The molecule has 1 atom stereocenters. The van der Waals surface area contributed by atoms with Crippen LogP contribution < -0.4 is 10.6 Å². The molecule has 0 radical (unpaired) electrons. The molecule has 3 N–H and O–H groups in total. The summed E-state index contributed by atoms with van der Waals surface area (Å²) in [6.45, 7) is 0.320. The molecule has 2 aliphatic carbocycles. The summed E-state index contributed by atoms with van der Waals surface area (Å²) >= 11 is 0. The average molecular weight is 324 g/mol. The lowest BCUT2D eigenvalue weighted by molar-refractivity contribution is -0.130. The van der Waals surface area contributed by atoms with Gasteiger partial charge in [-0.25, -0.2) is 0 Å². The van der Waals surface area contributed by atoms with Gasteiger partial charge >= 0.3 is 0 Å². The fraction of sp³-hybridized carbons (Fsp3) is 0.889. The summed E-state index contributed by atoms with van der Waals surface area (Å²) in [7, 11) is 0. The standard InChI is InChI=1S/C18H32N2O3/c21-13-16(18(23)19-12-15-9-5-2-6-10-15)20-17(22)11-14-7-3-1-4-8-14/h14-16,21H,1-13H2,(H,19,23)(H,20,22)/t16-/m0/s1. The van der Waals surface area contributed by atoms with Crippen molar-refractivity contribution in [2.24, 2.45) is 11.8 Å². The summed E-state index contributed by atoms with van der Waals surface area (Å²) in [5.41, 5.74) is 0. The monoisotopic (exact) mass is 324 g/mol. The van der Waals surface area contributed by atoms with Gasteiger partial charge in [-0.3, -0.25) is 9.59 Å². The zero-order valence-electron chi connectivity index (χ0n) is 14.2. The van der Waals surface area contributed by atoms with Crippen molar-refractivity contribution in [3.8, 4) is 0 Å². The molecule has 2 fully saturated rings. The summed E-state index contributed by atoms with van der Waals surface area (Å²) in [5.74, 6) is 0.622. The first-order valence-electron chi connectivity index (χ1n) is 9.37. The van der Waals surface area contributed by atoms with Crippen molar-refractivity contribution in [3.05, 3.63) is 0 Å². The first-order chi connectivity index (χ1) is 11.2. The molecule has 0 spiro atoms. The van der Waals surface area contributed by atoms with Crippen molar-refractivity contribution in [1.29, 1.82) is 0 Å². The van der Waals surface area contributed by atoms with E-state index in [0.29, 0.717) is 24.8 Å². The van der Waals surface area contributed by atoms with Crippen molar-refractivity contribution in [2.75, 3.05) is 13.2 Å². The number of rotatable bonds is 7. The molecule has 0 bridgehead atoms. The highest BCUT2D eigenvalue weighted by molar-refractivity contribution is 5.87. The quantitative estimate of drug-likeness (QED) is 0.671. The molecule has 2 saturated carbocycles. The molecule has 0 saturated heterocycles. The van der Waals surface area contributed by atoms with Crippen LogP contribution in [0.5, 0.6) is 0 Å². The predicted octanol–water partition coefficient (Wildman–Crippen LogP) is 2.13. The number of aliphatic hydroxyl groups excluding tert-OH is 1. The van der Waals surface area contributed by atoms with Gasteiger partial charge in [0.05, 0.1) is 6.61 Å². The van der Waals surface area contributed by atoms with E-state index in [9.17, 15) is 14.7 Å². The Morgan fingerprint density at radius 3 is 2.04 bits per heavy atom. The van der Waals surface area contributed by atoms with Gasteiger partial charge in [0.25, 0.3) is 0 Å². The Hall–Kier alpha value is -1.10. The number of hydrogen-bond donors (Lipinski definition) is 3. The molecule has 0 aliphatic heterocycles. The van der Waals surface area contributed by atoms with E-state index in [2.05, 4.69) is 10.6 Å². The van der Waals surface area contributed by atoms with Crippen LogP contribution in [0.3, 0.4) is 0 Å². The predicted molar refractivity (Wildman–Crippen MR) is 89.8 cm³/mol. The Morgan fingerprint density at radius 1 is 0.913 bits per heavy atom. The van der Waals surface area contributed by atoms with Gasteiger partial charge in [-0.05, 0) is 37.5 Å². The number of carbonyl (C=O) groups is 2. The van der Waals surface area contributed by atoms with E-state index in [1.807, 2.05) is 0 Å². The molecule has 0 aromatic carbocycles. The van der Waals surface area contributed by atoms with Gasteiger partial charge in [0.2, 0.25) is 11.8 Å². The average Bonchev–Trinajstić information content (AvgIpc) is 2.59. The Kier molecular flexibility index (Phi) is 7.86. The topological polar surface area (TPSA) is 78.4 Å². The highest BCUT2D eigenvalue weighted by Crippen LogP contribution is 2.26. The summed E-state index contributed by atoms with van der Waals surface area (Å²) in [6.07, 6.45) is 12.4. The summed E-state index contributed by atoms with van der Waals surface area (Å²) in [6, 6.07) is -0.810. The van der Waals surface area contributed by atoms with Crippen LogP contribution in [0.1, 0.15) is 70.6 Å². The molecule has 0 unspecified atom stereocenters. The highest BCUT2D eigenvalue weighted by Gasteiger charge is 2.23. The SMILES string of the molecule is O=C(CC1CCCCC1)N[C@@H](CO)C(=O)NCC1CCCCC1. The summed E-state index contributed by atoms with van der Waals surface area (Å²) in [5, 5.41) is 15.0. The van der Waals surface area contributed by atoms with Gasteiger partial charge in [-0.2, -0.15) is 0 Å². The van der Waals surface area contributed by atoms with Gasteiger partial charge in [0.1, 0.15) is 6.04 Å². The summed E-state index contributed by atoms with van der Waals surface area (Å²) in [4.78, 5) is 24.2. The molecule has 2 aliphatic rings. The third kappa shape index (κ3) is 6.50. The van der Waals surface area contributed by atoms with E-state index in [4.69, 9.17) is 0 Å². The van der Waals surface area contributed by atoms with Crippen LogP contribution in [0.2, 0.25) is 0 Å². The lowest BCUT2D eigenvalue weighted by atomic mass is 9.87. The minimum atomic E-state index is -0.810. The smallest absolute Gasteiger partial charge is 0.244 e. The van der Waals surface area contributed by atoms with Crippen LogP contribution in [0.15, 0.2) is 0 Å². The van der Waals surface area contributed by atoms with Crippen molar-refractivity contribution in [1.82, 2.24) is 10.6 Å². The Labute approximate surface area is 139 Å². The van der Waals surface area contributed by atoms with Crippen molar-refractivity contribution >= 4 is 11.8 Å². The zero-order valence-corrected chi connectivity index (χ0v) is 14.2. The van der Waals surface area contributed by atoms with Gasteiger partial charge in [-0.15, -0.1) is 0 Å². The van der Waals surface area contributed by atoms with Gasteiger partial charge in [-0.1, -0.05) is 38.5 Å². The van der Waals surface area contributed by atoms with E-state index in [-0.39, 0.29) is 18.4 Å². The van der Waals surface area contributed by atoms with Gasteiger partial charge in [0.15, 0.2) is 0 Å². The second-order valence-electron chi connectivity index (χ2n) is 7.26. The second-order valence-corrected chi connectivity index (χ2v) is 7.26. The maximum atomic E-state index is 12.2. The first-order valence-corrected chi connectivity index (χ1v) is 9.37. The van der Waals surface area contributed by atoms with Crippen LogP contribution in [0.25, 0.3) is 0 Å². The van der Waals surface area contributed by atoms with Crippen LogP contribution >= 0.6 is 0 Å². The lowest BCUT2D eigenvalue weighted by Crippen LogP contribution is -2.50. The molecule has 0 heterocycles. The molecular weight excluding hydrogens is 292 g/mol. The van der Waals surface area contributed by atoms with E-state index in [1.165, 1.54) is 38.5 Å². The number of carbonyl (C=O) groups excluding carboxylic acids is 2. The van der Waals surface area contributed by atoms with E-state index in [0.717, 1.165) is 25.7 Å². The Bertz CT molecular complexity index is 374. The maximum Gasteiger partial charge on any atom is 0.244 e. The maximum absolute atomic E-state index is 12.2. The minimum absolute atomic E-state index is 0.108. The molecule has 2 amide bonds.